The van der Waals surface area contributed by atoms with Crippen molar-refractivity contribution in [2.45, 2.75) is 43.4 Å². The minimum Gasteiger partial charge on any atom is -0.353 e. The van der Waals surface area contributed by atoms with Crippen LogP contribution in [0.2, 0.25) is 0 Å². The van der Waals surface area contributed by atoms with Crippen LogP contribution >= 0.6 is 11.8 Å². The molecular formula is C11H20N2OS. The number of hydrogen-bond acceptors (Lipinski definition) is 3. The second-order valence-corrected chi connectivity index (χ2v) is 6.28. The van der Waals surface area contributed by atoms with Gasteiger partial charge in [-0.1, -0.05) is 0 Å². The molecule has 15 heavy (non-hydrogen) atoms. The van der Waals surface area contributed by atoms with Crippen LogP contribution in [0.3, 0.4) is 0 Å². The summed E-state index contributed by atoms with van der Waals surface area (Å²) in [6.45, 7) is 3.98. The van der Waals surface area contributed by atoms with Gasteiger partial charge in [0.2, 0.25) is 5.91 Å². The highest BCUT2D eigenvalue weighted by atomic mass is 32.2. The minimum atomic E-state index is -0.154. The number of amides is 1. The minimum absolute atomic E-state index is 0.154. The zero-order chi connectivity index (χ0) is 10.7. The monoisotopic (exact) mass is 228 g/mol. The van der Waals surface area contributed by atoms with Gasteiger partial charge in [-0.2, -0.15) is 0 Å². The van der Waals surface area contributed by atoms with Gasteiger partial charge in [0.25, 0.3) is 0 Å². The Labute approximate surface area is 95.8 Å². The van der Waals surface area contributed by atoms with Gasteiger partial charge in [-0.15, -0.1) is 11.8 Å². The van der Waals surface area contributed by atoms with E-state index in [1.165, 1.54) is 19.3 Å². The highest BCUT2D eigenvalue weighted by Gasteiger charge is 2.37. The zero-order valence-electron chi connectivity index (χ0n) is 9.34. The third kappa shape index (κ3) is 2.67. The van der Waals surface area contributed by atoms with E-state index in [1.807, 2.05) is 0 Å². The number of nitrogens with one attached hydrogen (secondary N) is 2. The van der Waals surface area contributed by atoms with Crippen molar-refractivity contribution in [2.75, 3.05) is 18.8 Å². The van der Waals surface area contributed by atoms with Gasteiger partial charge in [-0.3, -0.25) is 4.79 Å². The quantitative estimate of drug-likeness (QED) is 0.761. The van der Waals surface area contributed by atoms with Crippen LogP contribution in [-0.2, 0) is 4.79 Å². The molecule has 0 aromatic heterocycles. The van der Waals surface area contributed by atoms with Gasteiger partial charge in [-0.05, 0) is 44.9 Å². The summed E-state index contributed by atoms with van der Waals surface area (Å²) in [4.78, 5) is 12.0. The Hall–Kier alpha value is -0.220. The largest absolute Gasteiger partial charge is 0.353 e. The summed E-state index contributed by atoms with van der Waals surface area (Å²) < 4.78 is -0.154. The third-order valence-corrected chi connectivity index (χ3v) is 4.89. The van der Waals surface area contributed by atoms with E-state index in [2.05, 4.69) is 17.6 Å². The summed E-state index contributed by atoms with van der Waals surface area (Å²) in [5, 5.41) is 6.48. The number of carbonyl (C=O) groups excluding carboxylic acids is 1. The first kappa shape index (κ1) is 11.3. The maximum atomic E-state index is 12.0. The average Bonchev–Trinajstić information content (AvgIpc) is 2.85. The summed E-state index contributed by atoms with van der Waals surface area (Å²) in [6, 6.07) is 0.504. The highest BCUT2D eigenvalue weighted by Crippen LogP contribution is 2.37. The van der Waals surface area contributed by atoms with Crippen molar-refractivity contribution in [3.8, 4) is 0 Å². The fourth-order valence-electron chi connectivity index (χ4n) is 2.29. The summed E-state index contributed by atoms with van der Waals surface area (Å²) in [5.74, 6) is 1.37. The van der Waals surface area contributed by atoms with Crippen LogP contribution in [0.15, 0.2) is 0 Å². The van der Waals surface area contributed by atoms with E-state index in [-0.39, 0.29) is 10.7 Å². The second kappa shape index (κ2) is 4.74. The first-order valence-electron chi connectivity index (χ1n) is 5.86. The maximum absolute atomic E-state index is 12.0. The predicted octanol–water partition coefficient (Wildman–Crippen LogP) is 1.14. The molecule has 2 atom stereocenters. The van der Waals surface area contributed by atoms with Gasteiger partial charge in [0.1, 0.15) is 0 Å². The van der Waals surface area contributed by atoms with E-state index in [0.29, 0.717) is 6.04 Å². The molecule has 2 N–H and O–H groups in total. The molecule has 2 aliphatic rings. The van der Waals surface area contributed by atoms with Gasteiger partial charge in [0.05, 0.1) is 4.75 Å². The Balaban J connectivity index is 1.76. The Kier molecular flexibility index (Phi) is 3.57. The molecule has 0 radical (unpaired) electrons. The molecule has 2 rings (SSSR count). The molecule has 2 fully saturated rings. The summed E-state index contributed by atoms with van der Waals surface area (Å²) in [5.41, 5.74) is 0. The van der Waals surface area contributed by atoms with Crippen LogP contribution in [0.25, 0.3) is 0 Å². The summed E-state index contributed by atoms with van der Waals surface area (Å²) in [6.07, 6.45) is 4.65. The van der Waals surface area contributed by atoms with Crippen LogP contribution in [0.4, 0.5) is 0 Å². The lowest BCUT2D eigenvalue weighted by Crippen LogP contribution is -2.45. The smallest absolute Gasteiger partial charge is 0.236 e. The lowest BCUT2D eigenvalue weighted by atomic mass is 10.0. The molecule has 1 amide bonds. The van der Waals surface area contributed by atoms with Crippen LogP contribution in [0.1, 0.15) is 32.6 Å². The number of hydrogen-bond donors (Lipinski definition) is 2. The summed E-state index contributed by atoms with van der Waals surface area (Å²) in [7, 11) is 0. The average molecular weight is 228 g/mol. The molecule has 2 heterocycles. The van der Waals surface area contributed by atoms with Crippen molar-refractivity contribution in [3.05, 3.63) is 0 Å². The van der Waals surface area contributed by atoms with Crippen LogP contribution < -0.4 is 10.6 Å². The zero-order valence-corrected chi connectivity index (χ0v) is 10.2. The summed E-state index contributed by atoms with van der Waals surface area (Å²) >= 11 is 1.80. The Bertz CT molecular complexity index is 233. The SMILES string of the molecule is CC1(C(=O)NCC2CCCN2)CCCS1. The standard InChI is InChI=1S/C11H20N2OS/c1-11(5-3-7-15-11)10(14)13-8-9-4-2-6-12-9/h9,12H,2-8H2,1H3,(H,13,14). The Morgan fingerprint density at radius 1 is 1.60 bits per heavy atom. The molecule has 0 saturated carbocycles. The molecule has 2 unspecified atom stereocenters. The van der Waals surface area contributed by atoms with Gasteiger partial charge >= 0.3 is 0 Å². The van der Waals surface area contributed by atoms with E-state index >= 15 is 0 Å². The van der Waals surface area contributed by atoms with Crippen molar-refractivity contribution < 1.29 is 4.79 Å². The lowest BCUT2D eigenvalue weighted by molar-refractivity contribution is -0.123. The van der Waals surface area contributed by atoms with Crippen molar-refractivity contribution >= 4 is 17.7 Å². The normalized spacial score (nSPS) is 35.7. The number of thioether (sulfide) groups is 1. The van der Waals surface area contributed by atoms with E-state index in [4.69, 9.17) is 0 Å². The molecule has 4 heteroatoms. The van der Waals surface area contributed by atoms with E-state index in [0.717, 1.165) is 25.3 Å². The molecular weight excluding hydrogens is 208 g/mol. The molecule has 0 aromatic carbocycles. The second-order valence-electron chi connectivity index (χ2n) is 4.69. The number of rotatable bonds is 3. The maximum Gasteiger partial charge on any atom is 0.236 e. The molecule has 86 valence electrons. The third-order valence-electron chi connectivity index (χ3n) is 3.37. The molecule has 0 aromatic rings. The van der Waals surface area contributed by atoms with E-state index in [1.54, 1.807) is 11.8 Å². The molecule has 2 aliphatic heterocycles. The Morgan fingerprint density at radius 2 is 2.47 bits per heavy atom. The highest BCUT2D eigenvalue weighted by molar-refractivity contribution is 8.01. The van der Waals surface area contributed by atoms with Gasteiger partial charge < -0.3 is 10.6 Å². The van der Waals surface area contributed by atoms with Crippen LogP contribution in [-0.4, -0.2) is 35.5 Å². The molecule has 2 saturated heterocycles. The van der Waals surface area contributed by atoms with Crippen molar-refractivity contribution in [1.82, 2.24) is 10.6 Å². The molecule has 0 spiro atoms. The first-order valence-corrected chi connectivity index (χ1v) is 6.85. The van der Waals surface area contributed by atoms with Gasteiger partial charge in [-0.25, -0.2) is 0 Å². The van der Waals surface area contributed by atoms with E-state index in [9.17, 15) is 4.79 Å². The van der Waals surface area contributed by atoms with Crippen LogP contribution in [0, 0.1) is 0 Å². The van der Waals surface area contributed by atoms with Gasteiger partial charge in [0.15, 0.2) is 0 Å². The fraction of sp³-hybridized carbons (Fsp3) is 0.909. The van der Waals surface area contributed by atoms with Crippen molar-refractivity contribution in [2.24, 2.45) is 0 Å². The van der Waals surface area contributed by atoms with Crippen molar-refractivity contribution in [1.29, 1.82) is 0 Å². The topological polar surface area (TPSA) is 41.1 Å². The van der Waals surface area contributed by atoms with E-state index < -0.39 is 0 Å². The fourth-order valence-corrected chi connectivity index (χ4v) is 3.52. The molecule has 0 bridgehead atoms. The molecule has 0 aliphatic carbocycles. The number of carbonyl (C=O) groups is 1. The Morgan fingerprint density at radius 3 is 3.07 bits per heavy atom. The van der Waals surface area contributed by atoms with Crippen LogP contribution in [0.5, 0.6) is 0 Å². The first-order chi connectivity index (χ1) is 7.21. The van der Waals surface area contributed by atoms with Gasteiger partial charge in [0, 0.05) is 12.6 Å². The van der Waals surface area contributed by atoms with Crippen molar-refractivity contribution in [3.63, 3.8) is 0 Å². The molecule has 3 nitrogen and oxygen atoms in total. The predicted molar refractivity (Wildman–Crippen MR) is 64.1 cm³/mol. The lowest BCUT2D eigenvalue weighted by Gasteiger charge is -2.22.